The van der Waals surface area contributed by atoms with Gasteiger partial charge in [-0.25, -0.2) is 0 Å². The van der Waals surface area contributed by atoms with E-state index in [-0.39, 0.29) is 0 Å². The largest absolute Gasteiger partial charge is 0.0919 e. The van der Waals surface area contributed by atoms with Crippen LogP contribution in [0.4, 0.5) is 0 Å². The highest BCUT2D eigenvalue weighted by Crippen LogP contribution is 1.78. The van der Waals surface area contributed by atoms with Crippen molar-refractivity contribution in [3.8, 4) is 0 Å². The molecule has 0 unspecified atom stereocenters. The Morgan fingerprint density at radius 1 is 1.71 bits per heavy atom. The molecule has 0 amide bonds. The monoisotopic (exact) mass is 90.1 g/mol. The van der Waals surface area contributed by atoms with Gasteiger partial charge >= 0.3 is 0 Å². The first-order valence-electron chi connectivity index (χ1n) is 3.31. The van der Waals surface area contributed by atoms with Gasteiger partial charge in [-0.1, -0.05) is 13.2 Å². The average Bonchev–Trinajstić information content (AvgIpc) is 1.68. The van der Waals surface area contributed by atoms with E-state index in [1.807, 2.05) is 0 Å². The summed E-state index contributed by atoms with van der Waals surface area (Å²) in [5.41, 5.74) is 0. The normalized spacial score (nSPS) is 7.57. The molecule has 0 spiro atoms. The topological polar surface area (TPSA) is 0 Å². The predicted octanol–water partition coefficient (Wildman–Crippen LogP) is -2.54. The third-order valence-electron chi connectivity index (χ3n) is 1.48. The average molecular weight is 89.2 g/mol. The molecule has 0 saturated heterocycles. The van der Waals surface area contributed by atoms with E-state index in [1.165, 1.54) is 20.4 Å². The van der Waals surface area contributed by atoms with E-state index < -0.39 is 0 Å². The fourth-order valence-electron chi connectivity index (χ4n) is 0.697. The summed E-state index contributed by atoms with van der Waals surface area (Å²) in [6.07, 6.45) is 1.34. The van der Waals surface area contributed by atoms with Crippen LogP contribution in [-0.4, -0.2) is 36.1 Å². The van der Waals surface area contributed by atoms with Crippen LogP contribution in [0, 0.1) is 0 Å². The van der Waals surface area contributed by atoms with Crippen molar-refractivity contribution >= 4 is 36.1 Å². The molecule has 7 heavy (non-hydrogen) atoms. The van der Waals surface area contributed by atoms with E-state index in [2.05, 4.69) is 22.4 Å². The minimum atomic E-state index is 0.949. The minimum Gasteiger partial charge on any atom is -0.0919 e. The van der Waals surface area contributed by atoms with Gasteiger partial charge in [0.2, 0.25) is 0 Å². The molecule has 0 rings (SSSR count). The molecule has 0 aliphatic rings. The minimum absolute atomic E-state index is 0.949. The summed E-state index contributed by atoms with van der Waals surface area (Å²) in [6, 6.07) is 0. The molecule has 0 saturated carbocycles. The van der Waals surface area contributed by atoms with Gasteiger partial charge in [0, 0.05) is 14.1 Å². The molecule has 0 nitrogen and oxygen atoms in total. The van der Waals surface area contributed by atoms with Crippen molar-refractivity contribution in [1.82, 2.24) is 0 Å². The summed E-state index contributed by atoms with van der Waals surface area (Å²) >= 11 is 0. The first kappa shape index (κ1) is 7.32. The summed E-state index contributed by atoms with van der Waals surface area (Å²) in [7, 11) is 7.29. The van der Waals surface area contributed by atoms with Crippen LogP contribution in [0.1, 0.15) is 6.92 Å². The van der Waals surface area contributed by atoms with E-state index in [0.717, 1.165) is 6.49 Å². The van der Waals surface area contributed by atoms with Crippen LogP contribution in [0.25, 0.3) is 0 Å². The molecule has 5 heteroatoms. The smallest absolute Gasteiger partial charge is 0.0640 e. The predicted molar refractivity (Wildman–Crippen MR) is 47.6 cm³/mol. The molecular formula is C2H11B5. The standard InChI is InChI=1S/C2H11B5/c1-2-7(4)6-5-3/h5-6H,2-4H2,1H3. The lowest BCUT2D eigenvalue weighted by Gasteiger charge is -1.95. The first-order valence-corrected chi connectivity index (χ1v) is 3.31. The molecule has 0 radical (unpaired) electrons. The third kappa shape index (κ3) is 4.17. The number of hydrogen-bond acceptors (Lipinski definition) is 0. The van der Waals surface area contributed by atoms with Crippen molar-refractivity contribution in [2.75, 3.05) is 0 Å². The molecule has 0 aromatic heterocycles. The summed E-state index contributed by atoms with van der Waals surface area (Å²) in [4.78, 5) is 0. The van der Waals surface area contributed by atoms with E-state index >= 15 is 0 Å². The molecule has 0 atom stereocenters. The number of hydrogen-bond donors (Lipinski definition) is 0. The van der Waals surface area contributed by atoms with Crippen molar-refractivity contribution in [1.29, 1.82) is 0 Å². The Morgan fingerprint density at radius 2 is 2.29 bits per heavy atom. The maximum absolute atomic E-state index is 2.31. The highest BCUT2D eigenvalue weighted by Gasteiger charge is 2.00. The Hall–Kier alpha value is 0.325. The van der Waals surface area contributed by atoms with Gasteiger partial charge in [0.15, 0.2) is 0 Å². The Morgan fingerprint density at radius 3 is 2.43 bits per heavy atom. The molecule has 0 aromatic carbocycles. The fraction of sp³-hybridized carbons (Fsp3) is 1.00. The van der Waals surface area contributed by atoms with Gasteiger partial charge in [-0.05, 0) is 0 Å². The van der Waals surface area contributed by atoms with Gasteiger partial charge in [0.25, 0.3) is 0 Å². The highest BCUT2D eigenvalue weighted by molar-refractivity contribution is 7.55. The molecule has 0 aliphatic heterocycles. The van der Waals surface area contributed by atoms with Crippen molar-refractivity contribution in [3.63, 3.8) is 0 Å². The first-order chi connectivity index (χ1) is 3.31. The van der Waals surface area contributed by atoms with Crippen molar-refractivity contribution in [3.05, 3.63) is 0 Å². The molecule has 0 aliphatic carbocycles. The Kier molecular flexibility index (Phi) is 4.69. The van der Waals surface area contributed by atoms with E-state index in [9.17, 15) is 0 Å². The van der Waals surface area contributed by atoms with Gasteiger partial charge < -0.3 is 0 Å². The molecular weight excluding hydrogens is 78.1 g/mol. The van der Waals surface area contributed by atoms with Crippen LogP contribution >= 0.6 is 0 Å². The van der Waals surface area contributed by atoms with Crippen LogP contribution in [0.15, 0.2) is 0 Å². The zero-order valence-electron chi connectivity index (χ0n) is 5.70. The van der Waals surface area contributed by atoms with Gasteiger partial charge in [0.05, 0.1) is 22.0 Å². The van der Waals surface area contributed by atoms with E-state index in [0.29, 0.717) is 0 Å². The summed E-state index contributed by atoms with van der Waals surface area (Å²) in [6.45, 7) is 3.20. The van der Waals surface area contributed by atoms with Crippen LogP contribution < -0.4 is 0 Å². The second-order valence-electron chi connectivity index (χ2n) is 2.30. The Balaban J connectivity index is 2.83. The van der Waals surface area contributed by atoms with E-state index in [4.69, 9.17) is 0 Å². The number of rotatable bonds is 3. The third-order valence-corrected chi connectivity index (χ3v) is 1.48. The van der Waals surface area contributed by atoms with Gasteiger partial charge in [-0.15, -0.1) is 0 Å². The van der Waals surface area contributed by atoms with Crippen LogP contribution in [0.2, 0.25) is 6.32 Å². The lowest BCUT2D eigenvalue weighted by atomic mass is 8.97. The summed E-state index contributed by atoms with van der Waals surface area (Å²) in [5, 5.41) is 0. The van der Waals surface area contributed by atoms with Crippen LogP contribution in [-0.2, 0) is 0 Å². The molecule has 34 valence electrons. The van der Waals surface area contributed by atoms with Crippen LogP contribution in [0.5, 0.6) is 0 Å². The SMILES string of the molecule is BBBB(B)CC. The quantitative estimate of drug-likeness (QED) is 0.334. The fourth-order valence-corrected chi connectivity index (χ4v) is 0.697. The zero-order chi connectivity index (χ0) is 5.70. The molecule has 0 aromatic rings. The van der Waals surface area contributed by atoms with Crippen molar-refractivity contribution in [2.24, 2.45) is 0 Å². The lowest BCUT2D eigenvalue weighted by molar-refractivity contribution is 1.47. The summed E-state index contributed by atoms with van der Waals surface area (Å²) in [5.74, 6) is 0. The van der Waals surface area contributed by atoms with Crippen molar-refractivity contribution < 1.29 is 0 Å². The highest BCUT2D eigenvalue weighted by atomic mass is 13.4. The summed E-state index contributed by atoms with van der Waals surface area (Å²) < 4.78 is 0. The maximum atomic E-state index is 2.31. The Labute approximate surface area is 50.1 Å². The van der Waals surface area contributed by atoms with Gasteiger partial charge in [0.1, 0.15) is 0 Å². The van der Waals surface area contributed by atoms with Crippen molar-refractivity contribution in [2.45, 2.75) is 13.2 Å². The van der Waals surface area contributed by atoms with E-state index in [1.54, 1.807) is 0 Å². The molecule has 0 bridgehead atoms. The Bertz CT molecular complexity index is 37.1. The maximum Gasteiger partial charge on any atom is 0.0640 e. The second kappa shape index (κ2) is 4.48. The molecule has 0 heterocycles. The zero-order valence-corrected chi connectivity index (χ0v) is 5.70. The van der Waals surface area contributed by atoms with Crippen LogP contribution in [0.3, 0.4) is 0 Å². The lowest BCUT2D eigenvalue weighted by Crippen LogP contribution is -2.27. The second-order valence-corrected chi connectivity index (χ2v) is 2.30. The van der Waals surface area contributed by atoms with Gasteiger partial charge in [-0.3, -0.25) is 0 Å². The molecule has 0 N–H and O–H groups in total. The van der Waals surface area contributed by atoms with Gasteiger partial charge in [-0.2, -0.15) is 0 Å². The molecule has 0 fully saturated rings.